The molecule has 8 heteroatoms. The van der Waals surface area contributed by atoms with E-state index in [9.17, 15) is 30.0 Å². The lowest BCUT2D eigenvalue weighted by Crippen LogP contribution is -2.58. The number of benzene rings is 2. The van der Waals surface area contributed by atoms with Gasteiger partial charge in [0, 0.05) is 11.1 Å². The van der Waals surface area contributed by atoms with Gasteiger partial charge in [-0.1, -0.05) is 48.5 Å². The van der Waals surface area contributed by atoms with Gasteiger partial charge in [0.25, 0.3) is 0 Å². The summed E-state index contributed by atoms with van der Waals surface area (Å²) >= 11 is 0. The normalized spacial score (nSPS) is 27.3. The summed E-state index contributed by atoms with van der Waals surface area (Å²) in [7, 11) is 0. The van der Waals surface area contributed by atoms with Crippen LogP contribution in [-0.4, -0.2) is 69.5 Å². The van der Waals surface area contributed by atoms with Gasteiger partial charge in [-0.3, -0.25) is 9.59 Å². The van der Waals surface area contributed by atoms with Crippen LogP contribution in [0.1, 0.15) is 34.3 Å². The summed E-state index contributed by atoms with van der Waals surface area (Å²) < 4.78 is 10.2. The molecule has 0 saturated carbocycles. The second-order valence-corrected chi connectivity index (χ2v) is 7.21. The highest BCUT2D eigenvalue weighted by molar-refractivity contribution is 6.09. The number of aliphatic hydroxyl groups is 4. The molecule has 1 saturated heterocycles. The van der Waals surface area contributed by atoms with Crippen molar-refractivity contribution in [2.45, 2.75) is 43.5 Å². The van der Waals surface area contributed by atoms with Gasteiger partial charge in [-0.15, -0.1) is 0 Å². The molecule has 0 amide bonds. The van der Waals surface area contributed by atoms with Crippen LogP contribution in [-0.2, 0) is 14.3 Å². The predicted molar refractivity (Wildman–Crippen MR) is 105 cm³/mol. The van der Waals surface area contributed by atoms with Crippen LogP contribution in [0.15, 0.2) is 54.6 Å². The first kappa shape index (κ1) is 22.1. The van der Waals surface area contributed by atoms with E-state index >= 15 is 0 Å². The first-order valence-electron chi connectivity index (χ1n) is 9.53. The monoisotopic (exact) mass is 416 g/mol. The second-order valence-electron chi connectivity index (χ2n) is 7.21. The van der Waals surface area contributed by atoms with Crippen molar-refractivity contribution >= 4 is 11.8 Å². The number of hydrogen-bond acceptors (Lipinski definition) is 8. The van der Waals surface area contributed by atoms with Crippen LogP contribution in [0, 0.1) is 0 Å². The first-order chi connectivity index (χ1) is 14.3. The Balaban J connectivity index is 1.64. The Kier molecular flexibility index (Phi) is 6.96. The number of carbonyl (C=O) groups excluding carboxylic acids is 2. The van der Waals surface area contributed by atoms with Crippen molar-refractivity contribution in [3.05, 3.63) is 71.3 Å². The Hall–Kier alpha value is -2.62. The molecule has 1 fully saturated rings. The smallest absolute Gasteiger partial charge is 0.313 e. The molecular weight excluding hydrogens is 392 g/mol. The Labute approximate surface area is 173 Å². The van der Waals surface area contributed by atoms with Gasteiger partial charge in [-0.25, -0.2) is 0 Å². The van der Waals surface area contributed by atoms with Crippen molar-refractivity contribution in [2.24, 2.45) is 0 Å². The van der Waals surface area contributed by atoms with Crippen molar-refractivity contribution in [1.82, 2.24) is 0 Å². The molecule has 0 radical (unpaired) electrons. The zero-order valence-electron chi connectivity index (χ0n) is 16.3. The lowest BCUT2D eigenvalue weighted by atomic mass is 9.95. The molecule has 1 aliphatic heterocycles. The van der Waals surface area contributed by atoms with Crippen molar-refractivity contribution in [1.29, 1.82) is 0 Å². The van der Waals surface area contributed by atoms with Crippen molar-refractivity contribution in [2.75, 3.05) is 6.61 Å². The molecular formula is C22H24O8. The van der Waals surface area contributed by atoms with Gasteiger partial charge < -0.3 is 29.9 Å². The number of aliphatic hydroxyl groups excluding tert-OH is 4. The van der Waals surface area contributed by atoms with Gasteiger partial charge in [-0.2, -0.15) is 0 Å². The van der Waals surface area contributed by atoms with Gasteiger partial charge in [0.1, 0.15) is 31.0 Å². The van der Waals surface area contributed by atoms with Gasteiger partial charge in [0.2, 0.25) is 0 Å². The molecule has 0 spiro atoms. The van der Waals surface area contributed by atoms with E-state index in [1.54, 1.807) is 55.5 Å². The topological polar surface area (TPSA) is 134 Å². The third kappa shape index (κ3) is 4.75. The molecule has 30 heavy (non-hydrogen) atoms. The maximum absolute atomic E-state index is 12.6. The van der Waals surface area contributed by atoms with Crippen molar-refractivity contribution in [3.8, 4) is 0 Å². The van der Waals surface area contributed by atoms with Gasteiger partial charge >= 0.3 is 5.97 Å². The molecule has 4 N–H and O–H groups in total. The lowest BCUT2D eigenvalue weighted by Gasteiger charge is -2.38. The van der Waals surface area contributed by atoms with E-state index in [0.717, 1.165) is 0 Å². The largest absolute Gasteiger partial charge is 0.462 e. The van der Waals surface area contributed by atoms with Gasteiger partial charge in [0.05, 0.1) is 5.92 Å². The fourth-order valence-electron chi connectivity index (χ4n) is 3.20. The number of rotatable bonds is 6. The third-order valence-corrected chi connectivity index (χ3v) is 5.12. The number of carbonyl (C=O) groups is 2. The molecule has 2 aromatic carbocycles. The van der Waals surface area contributed by atoms with Crippen LogP contribution < -0.4 is 0 Å². The zero-order chi connectivity index (χ0) is 21.8. The highest BCUT2D eigenvalue weighted by atomic mass is 16.6. The van der Waals surface area contributed by atoms with E-state index in [-0.39, 0.29) is 5.78 Å². The molecule has 2 aromatic rings. The fourth-order valence-corrected chi connectivity index (χ4v) is 3.20. The summed E-state index contributed by atoms with van der Waals surface area (Å²) in [6.45, 7) is 1.19. The van der Waals surface area contributed by atoms with E-state index in [4.69, 9.17) is 9.47 Å². The number of esters is 1. The summed E-state index contributed by atoms with van der Waals surface area (Å²) in [5, 5.41) is 38.7. The molecule has 3 rings (SSSR count). The van der Waals surface area contributed by atoms with Crippen LogP contribution in [0.5, 0.6) is 0 Å². The summed E-state index contributed by atoms with van der Waals surface area (Å²) in [6, 6.07) is 15.4. The minimum absolute atomic E-state index is 0.168. The number of ketones is 1. The Morgan fingerprint density at radius 3 is 2.30 bits per heavy atom. The molecule has 1 unspecified atom stereocenters. The minimum atomic E-state index is -1.70. The summed E-state index contributed by atoms with van der Waals surface area (Å²) in [4.78, 5) is 25.1. The SMILES string of the molecule is CC(C(=O)OC[C@H]1O[C@@H](O)[C@H](O)[C@@H](O)[C@@H]1O)c1cccc(C(=O)c2ccccc2)c1. The van der Waals surface area contributed by atoms with E-state index in [0.29, 0.717) is 16.7 Å². The van der Waals surface area contributed by atoms with Gasteiger partial charge in [-0.05, 0) is 18.6 Å². The van der Waals surface area contributed by atoms with Crippen LogP contribution in [0.2, 0.25) is 0 Å². The maximum Gasteiger partial charge on any atom is 0.313 e. The standard InChI is InChI=1S/C22H24O8/c1-12(21(27)29-11-16-18(24)19(25)20(26)22(28)30-16)14-8-5-9-15(10-14)17(23)13-6-3-2-4-7-13/h2-10,12,16,18-20,22,24-26,28H,11H2,1H3/t12?,16-,18-,19+,20-,22-/m1/s1. The Bertz CT molecular complexity index is 884. The second kappa shape index (κ2) is 9.46. The average Bonchev–Trinajstić information content (AvgIpc) is 2.78. The van der Waals surface area contributed by atoms with Crippen LogP contribution in [0.3, 0.4) is 0 Å². The quantitative estimate of drug-likeness (QED) is 0.392. The molecule has 1 heterocycles. The van der Waals surface area contributed by atoms with E-state index in [2.05, 4.69) is 0 Å². The average molecular weight is 416 g/mol. The fraction of sp³-hybridized carbons (Fsp3) is 0.364. The Morgan fingerprint density at radius 2 is 1.60 bits per heavy atom. The van der Waals surface area contributed by atoms with E-state index < -0.39 is 49.2 Å². The predicted octanol–water partition coefficient (Wildman–Crippen LogP) is 0.364. The zero-order valence-corrected chi connectivity index (χ0v) is 16.3. The number of hydrogen-bond donors (Lipinski definition) is 4. The Morgan fingerprint density at radius 1 is 0.933 bits per heavy atom. The summed E-state index contributed by atoms with van der Waals surface area (Å²) in [5.74, 6) is -1.52. The maximum atomic E-state index is 12.6. The summed E-state index contributed by atoms with van der Waals surface area (Å²) in [6.07, 6.45) is -7.71. The first-order valence-corrected chi connectivity index (χ1v) is 9.53. The summed E-state index contributed by atoms with van der Waals surface area (Å²) in [5.41, 5.74) is 1.54. The van der Waals surface area contributed by atoms with E-state index in [1.165, 1.54) is 0 Å². The van der Waals surface area contributed by atoms with Crippen LogP contribution in [0.4, 0.5) is 0 Å². The van der Waals surface area contributed by atoms with E-state index in [1.807, 2.05) is 6.07 Å². The molecule has 160 valence electrons. The molecule has 0 bridgehead atoms. The highest BCUT2D eigenvalue weighted by Crippen LogP contribution is 2.23. The van der Waals surface area contributed by atoms with Crippen molar-refractivity contribution in [3.63, 3.8) is 0 Å². The lowest BCUT2D eigenvalue weighted by molar-refractivity contribution is -0.287. The number of ether oxygens (including phenoxy) is 2. The van der Waals surface area contributed by atoms with Gasteiger partial charge in [0.15, 0.2) is 12.1 Å². The molecule has 8 nitrogen and oxygen atoms in total. The molecule has 0 aliphatic carbocycles. The third-order valence-electron chi connectivity index (χ3n) is 5.12. The highest BCUT2D eigenvalue weighted by Gasteiger charge is 2.43. The molecule has 1 aliphatic rings. The minimum Gasteiger partial charge on any atom is -0.462 e. The van der Waals surface area contributed by atoms with Crippen LogP contribution >= 0.6 is 0 Å². The van der Waals surface area contributed by atoms with Crippen LogP contribution in [0.25, 0.3) is 0 Å². The molecule has 6 atom stereocenters. The molecule has 0 aromatic heterocycles. The van der Waals surface area contributed by atoms with Crippen molar-refractivity contribution < 1.29 is 39.5 Å².